The van der Waals surface area contributed by atoms with Crippen molar-refractivity contribution < 1.29 is 9.53 Å². The molecule has 3 atom stereocenters. The van der Waals surface area contributed by atoms with Crippen LogP contribution >= 0.6 is 0 Å². The second kappa shape index (κ2) is 6.41. The van der Waals surface area contributed by atoms with E-state index in [1.165, 1.54) is 0 Å². The number of hydrogen-bond donors (Lipinski definition) is 1. The highest BCUT2D eigenvalue weighted by Crippen LogP contribution is 2.23. The van der Waals surface area contributed by atoms with Gasteiger partial charge < -0.3 is 15.0 Å². The highest BCUT2D eigenvalue weighted by molar-refractivity contribution is 5.79. The number of amides is 1. The minimum Gasteiger partial charge on any atom is -0.379 e. The number of nitrogens with one attached hydrogen (secondary N) is 1. The molecule has 1 amide bonds. The van der Waals surface area contributed by atoms with Crippen LogP contribution in [-0.4, -0.2) is 74.2 Å². The molecular weight excluding hydrogens is 254 g/mol. The molecular formula is C15H27N3O2. The van der Waals surface area contributed by atoms with Gasteiger partial charge in [0, 0.05) is 38.8 Å². The van der Waals surface area contributed by atoms with Crippen LogP contribution in [0.3, 0.4) is 0 Å². The molecule has 3 heterocycles. The lowest BCUT2D eigenvalue weighted by atomic mass is 9.91. The molecule has 0 aromatic rings. The van der Waals surface area contributed by atoms with E-state index in [-0.39, 0.29) is 5.92 Å². The summed E-state index contributed by atoms with van der Waals surface area (Å²) in [6, 6.07) is 0.553. The molecule has 0 aliphatic carbocycles. The second-order valence-electron chi connectivity index (χ2n) is 6.57. The van der Waals surface area contributed by atoms with Crippen molar-refractivity contribution in [1.82, 2.24) is 15.1 Å². The minimum atomic E-state index is 0.196. The fourth-order valence-corrected chi connectivity index (χ4v) is 3.79. The van der Waals surface area contributed by atoms with Crippen molar-refractivity contribution in [2.75, 3.05) is 52.5 Å². The number of carbonyl (C=O) groups excluding carboxylic acids is 1. The number of rotatable bonds is 2. The number of piperidine rings is 1. The quantitative estimate of drug-likeness (QED) is 0.783. The first kappa shape index (κ1) is 14.3. The highest BCUT2D eigenvalue weighted by Gasteiger charge is 2.35. The Kier molecular flexibility index (Phi) is 4.58. The zero-order valence-electron chi connectivity index (χ0n) is 12.5. The molecule has 5 nitrogen and oxygen atoms in total. The summed E-state index contributed by atoms with van der Waals surface area (Å²) in [5.74, 6) is 1.19. The number of hydrogen-bond acceptors (Lipinski definition) is 4. The van der Waals surface area contributed by atoms with Gasteiger partial charge in [0.25, 0.3) is 0 Å². The molecule has 0 saturated carbocycles. The number of ether oxygens (including phenoxy) is 1. The third-order valence-corrected chi connectivity index (χ3v) is 4.96. The van der Waals surface area contributed by atoms with E-state index in [9.17, 15) is 4.79 Å². The molecule has 0 aromatic heterocycles. The van der Waals surface area contributed by atoms with E-state index in [1.807, 2.05) is 0 Å². The third-order valence-electron chi connectivity index (χ3n) is 4.96. The fraction of sp³-hybridized carbons (Fsp3) is 0.933. The summed E-state index contributed by atoms with van der Waals surface area (Å²) < 4.78 is 5.41. The van der Waals surface area contributed by atoms with E-state index in [0.717, 1.165) is 65.3 Å². The standard InChI is InChI=1S/C15H27N3O2/c1-12-8-13(10-16-9-12)15(19)18-3-2-14(11-18)17-4-6-20-7-5-17/h12-14,16H,2-11H2,1H3. The van der Waals surface area contributed by atoms with Gasteiger partial charge in [-0.2, -0.15) is 0 Å². The topological polar surface area (TPSA) is 44.8 Å². The summed E-state index contributed by atoms with van der Waals surface area (Å²) in [6.45, 7) is 9.73. The number of nitrogens with zero attached hydrogens (tertiary/aromatic N) is 2. The monoisotopic (exact) mass is 281 g/mol. The Balaban J connectivity index is 1.52. The Bertz CT molecular complexity index is 344. The van der Waals surface area contributed by atoms with Crippen LogP contribution in [-0.2, 0) is 9.53 Å². The Morgan fingerprint density at radius 1 is 1.20 bits per heavy atom. The van der Waals surface area contributed by atoms with Gasteiger partial charge in [-0.05, 0) is 25.3 Å². The Hall–Kier alpha value is -0.650. The van der Waals surface area contributed by atoms with Crippen molar-refractivity contribution in [3.8, 4) is 0 Å². The fourth-order valence-electron chi connectivity index (χ4n) is 3.79. The average Bonchev–Trinajstić information content (AvgIpc) is 2.97. The predicted octanol–water partition coefficient (Wildman–Crippen LogP) is 0.165. The van der Waals surface area contributed by atoms with Gasteiger partial charge in [-0.15, -0.1) is 0 Å². The molecule has 0 spiro atoms. The van der Waals surface area contributed by atoms with Crippen molar-refractivity contribution in [1.29, 1.82) is 0 Å². The molecule has 1 N–H and O–H groups in total. The van der Waals surface area contributed by atoms with Crippen molar-refractivity contribution in [2.45, 2.75) is 25.8 Å². The lowest BCUT2D eigenvalue weighted by Gasteiger charge is -2.33. The zero-order valence-corrected chi connectivity index (χ0v) is 12.5. The van der Waals surface area contributed by atoms with Crippen LogP contribution in [0.15, 0.2) is 0 Å². The number of carbonyl (C=O) groups is 1. The Morgan fingerprint density at radius 3 is 2.75 bits per heavy atom. The summed E-state index contributed by atoms with van der Waals surface area (Å²) in [7, 11) is 0. The van der Waals surface area contributed by atoms with Gasteiger partial charge in [-0.1, -0.05) is 6.92 Å². The first-order valence-corrected chi connectivity index (χ1v) is 8.05. The van der Waals surface area contributed by atoms with E-state index in [0.29, 0.717) is 17.9 Å². The van der Waals surface area contributed by atoms with Gasteiger partial charge in [-0.25, -0.2) is 0 Å². The van der Waals surface area contributed by atoms with Gasteiger partial charge >= 0.3 is 0 Å². The Labute approximate surface area is 121 Å². The molecule has 0 radical (unpaired) electrons. The Morgan fingerprint density at radius 2 is 2.00 bits per heavy atom. The van der Waals surface area contributed by atoms with Crippen LogP contribution in [0.2, 0.25) is 0 Å². The molecule has 3 fully saturated rings. The van der Waals surface area contributed by atoms with Crippen LogP contribution in [0.1, 0.15) is 19.8 Å². The van der Waals surface area contributed by atoms with Crippen LogP contribution < -0.4 is 5.32 Å². The van der Waals surface area contributed by atoms with E-state index >= 15 is 0 Å². The largest absolute Gasteiger partial charge is 0.379 e. The van der Waals surface area contributed by atoms with Crippen molar-refractivity contribution in [3.05, 3.63) is 0 Å². The van der Waals surface area contributed by atoms with Gasteiger partial charge in [0.15, 0.2) is 0 Å². The van der Waals surface area contributed by atoms with Crippen molar-refractivity contribution in [2.24, 2.45) is 11.8 Å². The minimum absolute atomic E-state index is 0.196. The van der Waals surface area contributed by atoms with Crippen LogP contribution in [0.4, 0.5) is 0 Å². The summed E-state index contributed by atoms with van der Waals surface area (Å²) in [6.07, 6.45) is 2.17. The summed E-state index contributed by atoms with van der Waals surface area (Å²) >= 11 is 0. The summed E-state index contributed by atoms with van der Waals surface area (Å²) in [5.41, 5.74) is 0. The average molecular weight is 281 g/mol. The maximum Gasteiger partial charge on any atom is 0.227 e. The first-order chi connectivity index (χ1) is 9.74. The van der Waals surface area contributed by atoms with E-state index in [1.54, 1.807) is 0 Å². The van der Waals surface area contributed by atoms with Crippen LogP contribution in [0, 0.1) is 11.8 Å². The molecule has 3 saturated heterocycles. The van der Waals surface area contributed by atoms with Crippen LogP contribution in [0.5, 0.6) is 0 Å². The van der Waals surface area contributed by atoms with Crippen molar-refractivity contribution >= 4 is 5.91 Å². The smallest absolute Gasteiger partial charge is 0.227 e. The molecule has 0 aromatic carbocycles. The van der Waals surface area contributed by atoms with Gasteiger partial charge in [0.2, 0.25) is 5.91 Å². The van der Waals surface area contributed by atoms with E-state index in [2.05, 4.69) is 22.0 Å². The lowest BCUT2D eigenvalue weighted by Crippen LogP contribution is -2.47. The molecule has 5 heteroatoms. The molecule has 3 unspecified atom stereocenters. The summed E-state index contributed by atoms with van der Waals surface area (Å²) in [5, 5.41) is 3.39. The molecule has 114 valence electrons. The predicted molar refractivity (Wildman–Crippen MR) is 77.5 cm³/mol. The maximum atomic E-state index is 12.6. The molecule has 3 rings (SSSR count). The lowest BCUT2D eigenvalue weighted by molar-refractivity contribution is -0.135. The highest BCUT2D eigenvalue weighted by atomic mass is 16.5. The zero-order chi connectivity index (χ0) is 13.9. The third kappa shape index (κ3) is 3.15. The SMILES string of the molecule is CC1CNCC(C(=O)N2CCC(N3CCOCC3)C2)C1. The van der Waals surface area contributed by atoms with E-state index in [4.69, 9.17) is 4.74 Å². The second-order valence-corrected chi connectivity index (χ2v) is 6.57. The number of likely N-dealkylation sites (tertiary alicyclic amines) is 1. The van der Waals surface area contributed by atoms with E-state index < -0.39 is 0 Å². The van der Waals surface area contributed by atoms with Crippen molar-refractivity contribution in [3.63, 3.8) is 0 Å². The van der Waals surface area contributed by atoms with Gasteiger partial charge in [-0.3, -0.25) is 9.69 Å². The molecule has 3 aliphatic rings. The summed E-state index contributed by atoms with van der Waals surface area (Å²) in [4.78, 5) is 17.2. The molecule has 3 aliphatic heterocycles. The number of morpholine rings is 1. The van der Waals surface area contributed by atoms with Crippen LogP contribution in [0.25, 0.3) is 0 Å². The molecule has 0 bridgehead atoms. The van der Waals surface area contributed by atoms with Gasteiger partial charge in [0.05, 0.1) is 19.1 Å². The maximum absolute atomic E-state index is 12.6. The molecule has 20 heavy (non-hydrogen) atoms. The van der Waals surface area contributed by atoms with Gasteiger partial charge in [0.1, 0.15) is 0 Å². The normalized spacial score (nSPS) is 36.2. The first-order valence-electron chi connectivity index (χ1n) is 8.05.